The van der Waals surface area contributed by atoms with Gasteiger partial charge in [-0.2, -0.15) is 0 Å². The highest BCUT2D eigenvalue weighted by atomic mass is 16.2. The van der Waals surface area contributed by atoms with Gasteiger partial charge < -0.3 is 9.47 Å². The predicted octanol–water partition coefficient (Wildman–Crippen LogP) is 2.66. The molecule has 1 aromatic carbocycles. The van der Waals surface area contributed by atoms with Crippen molar-refractivity contribution in [2.75, 3.05) is 13.1 Å². The van der Waals surface area contributed by atoms with E-state index in [0.717, 1.165) is 38.3 Å². The maximum absolute atomic E-state index is 12.7. The maximum Gasteiger partial charge on any atom is 0.261 e. The van der Waals surface area contributed by atoms with Gasteiger partial charge in [-0.25, -0.2) is 9.97 Å². The Hall–Kier alpha value is -2.96. The molecule has 1 fully saturated rings. The van der Waals surface area contributed by atoms with E-state index in [0.29, 0.717) is 22.7 Å². The smallest absolute Gasteiger partial charge is 0.261 e. The van der Waals surface area contributed by atoms with Crippen LogP contribution in [0, 0.1) is 5.92 Å². The molecule has 2 aromatic heterocycles. The fourth-order valence-electron chi connectivity index (χ4n) is 4.08. The topological polar surface area (TPSA) is 73.0 Å². The number of carbonyl (C=O) groups is 1. The fraction of sp³-hybridized carbons (Fsp3) is 0.455. The lowest BCUT2D eigenvalue weighted by molar-refractivity contribution is -0.133. The van der Waals surface area contributed by atoms with Gasteiger partial charge >= 0.3 is 0 Å². The Morgan fingerprint density at radius 1 is 1.14 bits per heavy atom. The van der Waals surface area contributed by atoms with Crippen molar-refractivity contribution >= 4 is 16.8 Å². The summed E-state index contributed by atoms with van der Waals surface area (Å²) >= 11 is 0. The van der Waals surface area contributed by atoms with Gasteiger partial charge in [0.05, 0.1) is 17.2 Å². The molecule has 0 saturated carbocycles. The van der Waals surface area contributed by atoms with Crippen LogP contribution < -0.4 is 5.56 Å². The van der Waals surface area contributed by atoms with Gasteiger partial charge in [0, 0.05) is 37.9 Å². The SMILES string of the molecule is CC(C)c1nccn1CC1CCN(C(=O)Cn2cnc3ccccc3c2=O)CC1. The lowest BCUT2D eigenvalue weighted by Crippen LogP contribution is -2.42. The molecule has 0 aliphatic carbocycles. The van der Waals surface area contributed by atoms with Gasteiger partial charge in [0.15, 0.2) is 0 Å². The van der Waals surface area contributed by atoms with Crippen LogP contribution in [0.2, 0.25) is 0 Å². The van der Waals surface area contributed by atoms with E-state index >= 15 is 0 Å². The molecule has 0 atom stereocenters. The molecule has 0 unspecified atom stereocenters. The molecule has 3 heterocycles. The first kappa shape index (κ1) is 19.4. The Morgan fingerprint density at radius 2 is 1.90 bits per heavy atom. The Morgan fingerprint density at radius 3 is 2.66 bits per heavy atom. The molecule has 0 radical (unpaired) electrons. The van der Waals surface area contributed by atoms with Crippen LogP contribution in [-0.4, -0.2) is 43.0 Å². The highest BCUT2D eigenvalue weighted by molar-refractivity contribution is 5.79. The third-order valence-corrected chi connectivity index (χ3v) is 5.72. The lowest BCUT2D eigenvalue weighted by atomic mass is 9.96. The van der Waals surface area contributed by atoms with Crippen LogP contribution in [0.5, 0.6) is 0 Å². The summed E-state index contributed by atoms with van der Waals surface area (Å²) in [5.41, 5.74) is 0.488. The van der Waals surface area contributed by atoms with E-state index < -0.39 is 0 Å². The maximum atomic E-state index is 12.7. The number of hydrogen-bond acceptors (Lipinski definition) is 4. The molecule has 0 N–H and O–H groups in total. The standard InChI is InChI=1S/C22H27N5O2/c1-16(2)21-23-9-12-26(21)13-17-7-10-25(11-8-17)20(28)14-27-15-24-19-6-4-3-5-18(19)22(27)29/h3-6,9,12,15-17H,7-8,10-11,13-14H2,1-2H3. The molecule has 0 spiro atoms. The van der Waals surface area contributed by atoms with E-state index in [2.05, 4.69) is 28.4 Å². The van der Waals surface area contributed by atoms with Crippen molar-refractivity contribution in [2.24, 2.45) is 5.92 Å². The number of rotatable bonds is 5. The summed E-state index contributed by atoms with van der Waals surface area (Å²) in [6, 6.07) is 7.22. The molecule has 7 nitrogen and oxygen atoms in total. The first-order valence-corrected chi connectivity index (χ1v) is 10.3. The van der Waals surface area contributed by atoms with Crippen molar-refractivity contribution in [3.8, 4) is 0 Å². The summed E-state index contributed by atoms with van der Waals surface area (Å²) < 4.78 is 3.66. The van der Waals surface area contributed by atoms with Crippen LogP contribution >= 0.6 is 0 Å². The fourth-order valence-corrected chi connectivity index (χ4v) is 4.08. The minimum Gasteiger partial charge on any atom is -0.341 e. The molecule has 1 saturated heterocycles. The summed E-state index contributed by atoms with van der Waals surface area (Å²) in [5, 5.41) is 0.544. The number of likely N-dealkylation sites (tertiary alicyclic amines) is 1. The van der Waals surface area contributed by atoms with Crippen molar-refractivity contribution in [2.45, 2.75) is 45.7 Å². The van der Waals surface area contributed by atoms with Gasteiger partial charge in [-0.1, -0.05) is 26.0 Å². The Bertz CT molecular complexity index is 1060. The quantitative estimate of drug-likeness (QED) is 0.668. The summed E-state index contributed by atoms with van der Waals surface area (Å²) in [5.74, 6) is 2.04. The molecule has 3 aromatic rings. The number of hydrogen-bond donors (Lipinski definition) is 0. The number of para-hydroxylation sites is 1. The average Bonchev–Trinajstić information content (AvgIpc) is 3.19. The number of amides is 1. The predicted molar refractivity (Wildman–Crippen MR) is 112 cm³/mol. The molecule has 0 bridgehead atoms. The van der Waals surface area contributed by atoms with Crippen molar-refractivity contribution in [3.63, 3.8) is 0 Å². The average molecular weight is 393 g/mol. The van der Waals surface area contributed by atoms with Gasteiger partial charge in [-0.15, -0.1) is 0 Å². The van der Waals surface area contributed by atoms with Gasteiger partial charge in [0.25, 0.3) is 5.56 Å². The minimum atomic E-state index is -0.167. The number of carbonyl (C=O) groups excluding carboxylic acids is 1. The number of imidazole rings is 1. The normalized spacial score (nSPS) is 15.3. The van der Waals surface area contributed by atoms with Crippen LogP contribution in [0.1, 0.15) is 38.4 Å². The molecule has 1 aliphatic rings. The largest absolute Gasteiger partial charge is 0.341 e. The molecule has 152 valence electrons. The second kappa shape index (κ2) is 8.19. The lowest BCUT2D eigenvalue weighted by Gasteiger charge is -2.32. The van der Waals surface area contributed by atoms with E-state index in [1.165, 1.54) is 10.9 Å². The highest BCUT2D eigenvalue weighted by Crippen LogP contribution is 2.22. The second-order valence-corrected chi connectivity index (χ2v) is 8.11. The first-order valence-electron chi connectivity index (χ1n) is 10.3. The summed E-state index contributed by atoms with van der Waals surface area (Å²) in [7, 11) is 0. The van der Waals surface area contributed by atoms with Crippen molar-refractivity contribution < 1.29 is 4.79 Å². The van der Waals surface area contributed by atoms with Crippen molar-refractivity contribution in [1.82, 2.24) is 24.0 Å². The zero-order chi connectivity index (χ0) is 20.4. The minimum absolute atomic E-state index is 0.0202. The van der Waals surface area contributed by atoms with Crippen molar-refractivity contribution in [1.29, 1.82) is 0 Å². The van der Waals surface area contributed by atoms with Crippen LogP contribution in [-0.2, 0) is 17.9 Å². The van der Waals surface area contributed by atoms with Crippen LogP contribution in [0.15, 0.2) is 47.8 Å². The van der Waals surface area contributed by atoms with Crippen LogP contribution in [0.4, 0.5) is 0 Å². The van der Waals surface area contributed by atoms with E-state index in [4.69, 9.17) is 0 Å². The van der Waals surface area contributed by atoms with Crippen LogP contribution in [0.25, 0.3) is 10.9 Å². The molecule has 1 amide bonds. The van der Waals surface area contributed by atoms with E-state index in [1.807, 2.05) is 29.4 Å². The first-order chi connectivity index (χ1) is 14.0. The zero-order valence-electron chi connectivity index (χ0n) is 17.0. The summed E-state index contributed by atoms with van der Waals surface area (Å²) in [4.78, 5) is 36.0. The van der Waals surface area contributed by atoms with Crippen LogP contribution in [0.3, 0.4) is 0 Å². The Kier molecular flexibility index (Phi) is 5.47. The van der Waals surface area contributed by atoms with E-state index in [1.54, 1.807) is 12.1 Å². The van der Waals surface area contributed by atoms with Gasteiger partial charge in [0.1, 0.15) is 12.4 Å². The van der Waals surface area contributed by atoms with Gasteiger partial charge in [-0.05, 0) is 30.9 Å². The van der Waals surface area contributed by atoms with E-state index in [9.17, 15) is 9.59 Å². The Labute approximate surface area is 170 Å². The molecular weight excluding hydrogens is 366 g/mol. The molecule has 29 heavy (non-hydrogen) atoms. The van der Waals surface area contributed by atoms with E-state index in [-0.39, 0.29) is 18.0 Å². The van der Waals surface area contributed by atoms with Gasteiger partial charge in [0.2, 0.25) is 5.91 Å². The monoisotopic (exact) mass is 393 g/mol. The molecule has 1 aliphatic heterocycles. The highest BCUT2D eigenvalue weighted by Gasteiger charge is 2.24. The van der Waals surface area contributed by atoms with Crippen molar-refractivity contribution in [3.05, 3.63) is 59.2 Å². The summed E-state index contributed by atoms with van der Waals surface area (Å²) in [6.07, 6.45) is 7.32. The third-order valence-electron chi connectivity index (χ3n) is 5.72. The number of benzene rings is 1. The second-order valence-electron chi connectivity index (χ2n) is 8.11. The summed E-state index contributed by atoms with van der Waals surface area (Å²) in [6.45, 7) is 6.76. The molecular formula is C22H27N5O2. The Balaban J connectivity index is 1.36. The zero-order valence-corrected chi connectivity index (χ0v) is 17.0. The van der Waals surface area contributed by atoms with Gasteiger partial charge in [-0.3, -0.25) is 14.2 Å². The third kappa shape index (κ3) is 4.09. The number of aromatic nitrogens is 4. The number of nitrogens with zero attached hydrogens (tertiary/aromatic N) is 5. The number of fused-ring (bicyclic) bond motifs is 1. The molecule has 4 rings (SSSR count). The molecule has 7 heteroatoms. The number of piperidine rings is 1.